The summed E-state index contributed by atoms with van der Waals surface area (Å²) in [5, 5.41) is 11.5. The number of likely N-dealkylation sites (N-methyl/N-ethyl adjacent to an activating group) is 1. The molecule has 0 fully saturated rings. The summed E-state index contributed by atoms with van der Waals surface area (Å²) >= 11 is 0. The van der Waals surface area contributed by atoms with Crippen LogP contribution in [0, 0.1) is 0 Å². The average Bonchev–Trinajstić information content (AvgIpc) is 3.01. The summed E-state index contributed by atoms with van der Waals surface area (Å²) in [5.74, 6) is -1.84. The Morgan fingerprint density at radius 2 is 1.26 bits per heavy atom. The van der Waals surface area contributed by atoms with Gasteiger partial charge in [0.1, 0.15) is 12.6 Å². The van der Waals surface area contributed by atoms with Crippen molar-refractivity contribution in [3.05, 3.63) is 60.8 Å². The fourth-order valence-electron chi connectivity index (χ4n) is 4.59. The number of hydrogen-bond acceptors (Lipinski definition) is 7. The van der Waals surface area contributed by atoms with E-state index in [1.165, 1.54) is 12.8 Å². The van der Waals surface area contributed by atoms with E-state index in [-0.39, 0.29) is 49.1 Å². The Morgan fingerprint density at radius 1 is 0.681 bits per heavy atom. The number of esters is 2. The third-order valence-corrected chi connectivity index (χ3v) is 7.42. The maximum atomic E-state index is 12.6. The molecule has 0 radical (unpaired) electrons. The number of ether oxygens (including phenoxy) is 3. The van der Waals surface area contributed by atoms with Crippen molar-refractivity contribution in [1.82, 2.24) is 0 Å². The van der Waals surface area contributed by atoms with Gasteiger partial charge in [-0.1, -0.05) is 93.9 Å². The molecule has 47 heavy (non-hydrogen) atoms. The second kappa shape index (κ2) is 30.4. The van der Waals surface area contributed by atoms with Gasteiger partial charge < -0.3 is 28.6 Å². The third-order valence-electron chi connectivity index (χ3n) is 7.42. The van der Waals surface area contributed by atoms with Gasteiger partial charge in [0, 0.05) is 19.3 Å². The summed E-state index contributed by atoms with van der Waals surface area (Å²) in [6, 6.07) is -0.736. The highest BCUT2D eigenvalue weighted by atomic mass is 16.6. The van der Waals surface area contributed by atoms with Crippen LogP contribution in [-0.4, -0.2) is 75.5 Å². The van der Waals surface area contributed by atoms with E-state index in [1.54, 1.807) is 21.1 Å². The molecule has 0 aliphatic rings. The molecule has 0 saturated carbocycles. The summed E-state index contributed by atoms with van der Waals surface area (Å²) in [6.07, 6.45) is 34.0. The fourth-order valence-corrected chi connectivity index (χ4v) is 4.59. The van der Waals surface area contributed by atoms with Gasteiger partial charge in [0.25, 0.3) is 0 Å². The molecule has 0 saturated heterocycles. The van der Waals surface area contributed by atoms with Gasteiger partial charge in [0.15, 0.2) is 6.10 Å². The van der Waals surface area contributed by atoms with Crippen molar-refractivity contribution in [3.63, 3.8) is 0 Å². The molecule has 0 aliphatic carbocycles. The zero-order chi connectivity index (χ0) is 35.0. The highest BCUT2D eigenvalue weighted by Gasteiger charge is 2.25. The molecule has 0 N–H and O–H groups in total. The molecule has 0 bridgehead atoms. The summed E-state index contributed by atoms with van der Waals surface area (Å²) in [5.41, 5.74) is 0. The van der Waals surface area contributed by atoms with Gasteiger partial charge in [-0.2, -0.15) is 0 Å². The molecule has 8 heteroatoms. The van der Waals surface area contributed by atoms with Gasteiger partial charge in [-0.05, 0) is 64.2 Å². The summed E-state index contributed by atoms with van der Waals surface area (Å²) < 4.78 is 17.0. The van der Waals surface area contributed by atoms with E-state index in [0.29, 0.717) is 12.8 Å². The van der Waals surface area contributed by atoms with Crippen molar-refractivity contribution in [2.75, 3.05) is 41.0 Å². The first-order chi connectivity index (χ1) is 22.6. The topological polar surface area (TPSA) is 102 Å². The number of allylic oxidation sites excluding steroid dienone is 10. The van der Waals surface area contributed by atoms with Crippen molar-refractivity contribution in [1.29, 1.82) is 0 Å². The zero-order valence-electron chi connectivity index (χ0n) is 30.2. The largest absolute Gasteiger partial charge is 0.544 e. The molecule has 0 rings (SSSR count). The molecular weight excluding hydrogens is 594 g/mol. The lowest BCUT2D eigenvalue weighted by molar-refractivity contribution is -0.889. The molecule has 2 unspecified atom stereocenters. The Labute approximate surface area is 286 Å². The number of unbranched alkanes of at least 4 members (excludes halogenated alkanes) is 7. The molecule has 0 aromatic rings. The van der Waals surface area contributed by atoms with Crippen molar-refractivity contribution in [2.24, 2.45) is 0 Å². The number of rotatable bonds is 30. The lowest BCUT2D eigenvalue weighted by Gasteiger charge is -2.34. The van der Waals surface area contributed by atoms with E-state index >= 15 is 0 Å². The number of aliphatic carboxylic acids is 1. The Kier molecular flexibility index (Phi) is 28.4. The number of carbonyl (C=O) groups is 3. The number of hydrogen-bond donors (Lipinski definition) is 0. The number of nitrogens with zero attached hydrogens (tertiary/aromatic N) is 1. The van der Waals surface area contributed by atoms with Gasteiger partial charge in [0.2, 0.25) is 0 Å². The average molecular weight is 660 g/mol. The minimum atomic E-state index is -1.14. The van der Waals surface area contributed by atoms with E-state index in [1.807, 2.05) is 0 Å². The van der Waals surface area contributed by atoms with Crippen LogP contribution in [0.25, 0.3) is 0 Å². The predicted molar refractivity (Wildman–Crippen MR) is 189 cm³/mol. The van der Waals surface area contributed by atoms with Crippen LogP contribution in [0.15, 0.2) is 60.8 Å². The number of carboxylic acid groups (broad SMARTS) is 1. The standard InChI is InChI=1S/C39H65NO7/c1-6-8-10-12-14-16-18-20-22-24-26-28-30-38(42)47-35(33-45-32-31-36(39(43)44)40(3,4)5)34-46-37(41)29-27-25-23-21-19-17-15-13-11-9-7-2/h8,10,13-17,19-20,22,35-36H,6-7,9,11-12,18,21,23-34H2,1-5H3/b10-8+,15-13+,16-14+,19-17+,22-20+. The molecular formula is C39H65NO7. The smallest absolute Gasteiger partial charge is 0.306 e. The quantitative estimate of drug-likeness (QED) is 0.0261. The van der Waals surface area contributed by atoms with Gasteiger partial charge in [-0.3, -0.25) is 9.59 Å². The van der Waals surface area contributed by atoms with Crippen molar-refractivity contribution in [2.45, 2.75) is 129 Å². The molecule has 0 spiro atoms. The van der Waals surface area contributed by atoms with Gasteiger partial charge in [-0.25, -0.2) is 0 Å². The number of quaternary nitrogens is 1. The van der Waals surface area contributed by atoms with Crippen molar-refractivity contribution in [3.8, 4) is 0 Å². The first kappa shape index (κ1) is 44.0. The van der Waals surface area contributed by atoms with Crippen molar-refractivity contribution < 1.29 is 38.2 Å². The number of carbonyl (C=O) groups excluding carboxylic acids is 3. The molecule has 2 atom stereocenters. The molecule has 8 nitrogen and oxygen atoms in total. The lowest BCUT2D eigenvalue weighted by atomic mass is 10.1. The van der Waals surface area contributed by atoms with Crippen LogP contribution < -0.4 is 5.11 Å². The Bertz CT molecular complexity index is 959. The normalized spacial score (nSPS) is 13.8. The fraction of sp³-hybridized carbons (Fsp3) is 0.667. The summed E-state index contributed by atoms with van der Waals surface area (Å²) in [7, 11) is 5.36. The maximum Gasteiger partial charge on any atom is 0.306 e. The van der Waals surface area contributed by atoms with Crippen LogP contribution in [0.1, 0.15) is 117 Å². The Morgan fingerprint density at radius 3 is 1.89 bits per heavy atom. The second-order valence-electron chi connectivity index (χ2n) is 12.7. The summed E-state index contributed by atoms with van der Waals surface area (Å²) in [4.78, 5) is 36.5. The molecule has 0 aromatic heterocycles. The molecule has 0 heterocycles. The SMILES string of the molecule is CC/C=C/C/C=C/C/C=C/CCCCC(=O)OC(COCCC(C(=O)[O-])[N+](C)(C)C)COC(=O)CCCCC/C=C/C=C/CCCC. The lowest BCUT2D eigenvalue weighted by Crippen LogP contribution is -2.55. The minimum absolute atomic E-state index is 0.0135. The van der Waals surface area contributed by atoms with E-state index in [2.05, 4.69) is 74.6 Å². The van der Waals surface area contributed by atoms with Crippen LogP contribution in [0.5, 0.6) is 0 Å². The minimum Gasteiger partial charge on any atom is -0.544 e. The van der Waals surface area contributed by atoms with Crippen LogP contribution in [0.3, 0.4) is 0 Å². The van der Waals surface area contributed by atoms with Gasteiger partial charge >= 0.3 is 11.9 Å². The van der Waals surface area contributed by atoms with E-state index in [0.717, 1.165) is 64.2 Å². The van der Waals surface area contributed by atoms with Crippen LogP contribution in [0.2, 0.25) is 0 Å². The Hall–Kier alpha value is -2.97. The molecule has 0 amide bonds. The van der Waals surface area contributed by atoms with Crippen molar-refractivity contribution >= 4 is 17.9 Å². The van der Waals surface area contributed by atoms with Gasteiger partial charge in [0.05, 0.1) is 40.3 Å². The molecule has 0 aromatic carbocycles. The van der Waals surface area contributed by atoms with E-state index < -0.39 is 18.1 Å². The number of carboxylic acids is 1. The van der Waals surface area contributed by atoms with E-state index in [9.17, 15) is 19.5 Å². The van der Waals surface area contributed by atoms with Gasteiger partial charge in [-0.15, -0.1) is 0 Å². The van der Waals surface area contributed by atoms with E-state index in [4.69, 9.17) is 14.2 Å². The maximum absolute atomic E-state index is 12.6. The first-order valence-corrected chi connectivity index (χ1v) is 17.8. The highest BCUT2D eigenvalue weighted by molar-refractivity contribution is 5.70. The predicted octanol–water partition coefficient (Wildman–Crippen LogP) is 7.35. The highest BCUT2D eigenvalue weighted by Crippen LogP contribution is 2.10. The summed E-state index contributed by atoms with van der Waals surface area (Å²) in [6.45, 7) is 4.38. The third kappa shape index (κ3) is 28.9. The molecule has 0 aliphatic heterocycles. The van der Waals surface area contributed by atoms with Crippen LogP contribution in [-0.2, 0) is 28.6 Å². The molecule has 268 valence electrons. The first-order valence-electron chi connectivity index (χ1n) is 17.8. The van der Waals surface area contributed by atoms with Crippen LogP contribution >= 0.6 is 0 Å². The zero-order valence-corrected chi connectivity index (χ0v) is 30.2. The monoisotopic (exact) mass is 659 g/mol. The van der Waals surface area contributed by atoms with Crippen LogP contribution in [0.4, 0.5) is 0 Å². The second-order valence-corrected chi connectivity index (χ2v) is 12.7. The Balaban J connectivity index is 4.59.